The van der Waals surface area contributed by atoms with Crippen molar-refractivity contribution in [2.24, 2.45) is 0 Å². The average Bonchev–Trinajstić information content (AvgIpc) is 2.33. The van der Waals surface area contributed by atoms with E-state index in [2.05, 4.69) is 5.32 Å². The second kappa shape index (κ2) is 6.89. The predicted octanol–water partition coefficient (Wildman–Crippen LogP) is 3.60. The highest BCUT2D eigenvalue weighted by Gasteiger charge is 2.27. The van der Waals surface area contributed by atoms with Gasteiger partial charge in [-0.2, -0.15) is 13.2 Å². The van der Waals surface area contributed by atoms with E-state index in [1.54, 1.807) is 7.11 Å². The van der Waals surface area contributed by atoms with Crippen LogP contribution in [0, 0.1) is 0 Å². The summed E-state index contributed by atoms with van der Waals surface area (Å²) >= 11 is -0.00568. The minimum Gasteiger partial charge on any atom is -0.497 e. The van der Waals surface area contributed by atoms with E-state index in [1.807, 2.05) is 31.2 Å². The SMILES string of the molecule is COc1ccc(C(C)NCCSC(F)(F)F)cc1. The lowest BCUT2D eigenvalue weighted by atomic mass is 10.1. The monoisotopic (exact) mass is 279 g/mol. The van der Waals surface area contributed by atoms with Gasteiger partial charge >= 0.3 is 5.51 Å². The van der Waals surface area contributed by atoms with Gasteiger partial charge in [0.1, 0.15) is 5.75 Å². The highest BCUT2D eigenvalue weighted by atomic mass is 32.2. The molecule has 0 spiro atoms. The van der Waals surface area contributed by atoms with Crippen molar-refractivity contribution in [2.75, 3.05) is 19.4 Å². The Kier molecular flexibility index (Phi) is 5.81. The number of nitrogens with one attached hydrogen (secondary N) is 1. The standard InChI is InChI=1S/C12H16F3NOS/c1-9(16-7-8-18-12(13,14)15)10-3-5-11(17-2)6-4-10/h3-6,9,16H,7-8H2,1-2H3. The van der Waals surface area contributed by atoms with Crippen molar-refractivity contribution >= 4 is 11.8 Å². The van der Waals surface area contributed by atoms with Crippen LogP contribution in [0.5, 0.6) is 5.75 Å². The summed E-state index contributed by atoms with van der Waals surface area (Å²) < 4.78 is 40.8. The summed E-state index contributed by atoms with van der Waals surface area (Å²) in [6, 6.07) is 7.47. The molecule has 102 valence electrons. The number of hydrogen-bond acceptors (Lipinski definition) is 3. The molecular weight excluding hydrogens is 263 g/mol. The molecule has 1 aromatic carbocycles. The van der Waals surface area contributed by atoms with E-state index in [4.69, 9.17) is 4.74 Å². The van der Waals surface area contributed by atoms with Crippen molar-refractivity contribution in [3.05, 3.63) is 29.8 Å². The molecule has 1 rings (SSSR count). The molecule has 0 radical (unpaired) electrons. The third kappa shape index (κ3) is 5.64. The first-order valence-corrected chi connectivity index (χ1v) is 6.49. The number of benzene rings is 1. The number of thioether (sulfide) groups is 1. The second-order valence-electron chi connectivity index (χ2n) is 3.74. The maximum atomic E-state index is 11.9. The van der Waals surface area contributed by atoms with Crippen LogP contribution in [0.25, 0.3) is 0 Å². The molecule has 0 heterocycles. The third-order valence-electron chi connectivity index (χ3n) is 2.43. The van der Waals surface area contributed by atoms with Crippen LogP contribution in [-0.4, -0.2) is 24.9 Å². The van der Waals surface area contributed by atoms with Gasteiger partial charge in [-0.3, -0.25) is 0 Å². The van der Waals surface area contributed by atoms with Crippen molar-refractivity contribution < 1.29 is 17.9 Å². The smallest absolute Gasteiger partial charge is 0.441 e. The molecule has 0 saturated heterocycles. The van der Waals surface area contributed by atoms with Crippen molar-refractivity contribution in [3.8, 4) is 5.75 Å². The number of halogens is 3. The van der Waals surface area contributed by atoms with Crippen LogP contribution in [0.1, 0.15) is 18.5 Å². The van der Waals surface area contributed by atoms with Crippen molar-refractivity contribution in [2.45, 2.75) is 18.5 Å². The molecule has 0 amide bonds. The van der Waals surface area contributed by atoms with Gasteiger partial charge in [0.25, 0.3) is 0 Å². The molecule has 6 heteroatoms. The number of ether oxygens (including phenoxy) is 1. The largest absolute Gasteiger partial charge is 0.497 e. The fourth-order valence-corrected chi connectivity index (χ4v) is 1.90. The third-order valence-corrected chi connectivity index (χ3v) is 3.17. The van der Waals surface area contributed by atoms with E-state index in [0.717, 1.165) is 11.3 Å². The first kappa shape index (κ1) is 15.2. The van der Waals surface area contributed by atoms with Gasteiger partial charge in [0, 0.05) is 18.3 Å². The average molecular weight is 279 g/mol. The van der Waals surface area contributed by atoms with Crippen LogP contribution in [0.15, 0.2) is 24.3 Å². The molecule has 1 aromatic rings. The van der Waals surface area contributed by atoms with Crippen molar-refractivity contribution in [3.63, 3.8) is 0 Å². The van der Waals surface area contributed by atoms with Gasteiger partial charge in [-0.15, -0.1) is 0 Å². The Morgan fingerprint density at radius 3 is 2.39 bits per heavy atom. The Labute approximate surface area is 109 Å². The normalized spacial score (nSPS) is 13.4. The molecular formula is C12H16F3NOS. The topological polar surface area (TPSA) is 21.3 Å². The Morgan fingerprint density at radius 2 is 1.89 bits per heavy atom. The summed E-state index contributed by atoms with van der Waals surface area (Å²) in [6.45, 7) is 2.23. The predicted molar refractivity (Wildman–Crippen MR) is 67.9 cm³/mol. The van der Waals surface area contributed by atoms with Gasteiger partial charge in [0.15, 0.2) is 0 Å². The van der Waals surface area contributed by atoms with Gasteiger partial charge in [0.05, 0.1) is 7.11 Å². The minimum absolute atomic E-state index is 0.00568. The molecule has 0 aliphatic carbocycles. The molecule has 0 aliphatic heterocycles. The number of hydrogen-bond donors (Lipinski definition) is 1. The van der Waals surface area contributed by atoms with Crippen LogP contribution in [0.4, 0.5) is 13.2 Å². The molecule has 0 bridgehead atoms. The second-order valence-corrected chi connectivity index (χ2v) is 4.90. The van der Waals surface area contributed by atoms with E-state index in [-0.39, 0.29) is 23.6 Å². The maximum absolute atomic E-state index is 11.9. The summed E-state index contributed by atoms with van der Waals surface area (Å²) in [5.41, 5.74) is -3.13. The van der Waals surface area contributed by atoms with Crippen LogP contribution >= 0.6 is 11.8 Å². The Hall–Kier alpha value is -0.880. The summed E-state index contributed by atoms with van der Waals surface area (Å²) in [4.78, 5) is 0. The van der Waals surface area contributed by atoms with Crippen molar-refractivity contribution in [1.29, 1.82) is 0 Å². The van der Waals surface area contributed by atoms with Gasteiger partial charge < -0.3 is 10.1 Å². The molecule has 0 aromatic heterocycles. The minimum atomic E-state index is -4.15. The van der Waals surface area contributed by atoms with Crippen LogP contribution < -0.4 is 10.1 Å². The van der Waals surface area contributed by atoms with E-state index in [9.17, 15) is 13.2 Å². The molecule has 0 saturated carbocycles. The maximum Gasteiger partial charge on any atom is 0.441 e. The molecule has 1 unspecified atom stereocenters. The summed E-state index contributed by atoms with van der Waals surface area (Å²) in [7, 11) is 1.59. The number of rotatable bonds is 6. The zero-order chi connectivity index (χ0) is 13.6. The quantitative estimate of drug-likeness (QED) is 0.804. The Balaban J connectivity index is 2.33. The van der Waals surface area contributed by atoms with Crippen molar-refractivity contribution in [1.82, 2.24) is 5.32 Å². The first-order valence-electron chi connectivity index (χ1n) is 5.50. The van der Waals surface area contributed by atoms with Crippen LogP contribution in [0.2, 0.25) is 0 Å². The van der Waals surface area contributed by atoms with Crippen LogP contribution in [0.3, 0.4) is 0 Å². The van der Waals surface area contributed by atoms with Gasteiger partial charge in [-0.25, -0.2) is 0 Å². The summed E-state index contributed by atoms with van der Waals surface area (Å²) in [5, 5.41) is 3.05. The van der Waals surface area contributed by atoms with Gasteiger partial charge in [0.2, 0.25) is 0 Å². The Morgan fingerprint density at radius 1 is 1.28 bits per heavy atom. The lowest BCUT2D eigenvalue weighted by molar-refractivity contribution is -0.0327. The van der Waals surface area contributed by atoms with Crippen LogP contribution in [-0.2, 0) is 0 Å². The molecule has 0 fully saturated rings. The Bertz CT molecular complexity index is 353. The van der Waals surface area contributed by atoms with E-state index in [0.29, 0.717) is 6.54 Å². The fraction of sp³-hybridized carbons (Fsp3) is 0.500. The summed E-state index contributed by atoms with van der Waals surface area (Å²) in [6.07, 6.45) is 0. The first-order chi connectivity index (χ1) is 8.42. The molecule has 1 N–H and O–H groups in total. The summed E-state index contributed by atoms with van der Waals surface area (Å²) in [5.74, 6) is 0.780. The lowest BCUT2D eigenvalue weighted by Crippen LogP contribution is -2.22. The fourth-order valence-electron chi connectivity index (χ4n) is 1.45. The highest BCUT2D eigenvalue weighted by molar-refractivity contribution is 8.00. The highest BCUT2D eigenvalue weighted by Crippen LogP contribution is 2.29. The molecule has 0 aliphatic rings. The zero-order valence-electron chi connectivity index (χ0n) is 10.3. The molecule has 2 nitrogen and oxygen atoms in total. The zero-order valence-corrected chi connectivity index (χ0v) is 11.1. The van der Waals surface area contributed by atoms with Gasteiger partial charge in [-0.1, -0.05) is 12.1 Å². The van der Waals surface area contributed by atoms with E-state index >= 15 is 0 Å². The number of alkyl halides is 3. The van der Waals surface area contributed by atoms with Gasteiger partial charge in [-0.05, 0) is 36.4 Å². The lowest BCUT2D eigenvalue weighted by Gasteiger charge is -2.15. The molecule has 18 heavy (non-hydrogen) atoms. The molecule has 1 atom stereocenters. The van der Waals surface area contributed by atoms with E-state index in [1.165, 1.54) is 0 Å². The number of methoxy groups -OCH3 is 1. The van der Waals surface area contributed by atoms with E-state index < -0.39 is 5.51 Å².